The molecule has 0 aliphatic carbocycles. The summed E-state index contributed by atoms with van der Waals surface area (Å²) in [5.74, 6) is 0.216. The topological polar surface area (TPSA) is 40.6 Å². The second-order valence-corrected chi connectivity index (χ2v) is 7.36. The standard InChI is InChI=1S/C23H28N2O2/c1-4-25(21-10-6-8-18(3)16-21)23(27)19-11-13-24(14-12-19)22(26)20-9-5-7-17(2)15-20/h5-10,15-16,19H,4,11-14H2,1-3H3. The summed E-state index contributed by atoms with van der Waals surface area (Å²) in [5.41, 5.74) is 3.93. The zero-order valence-electron chi connectivity index (χ0n) is 16.4. The van der Waals surface area contributed by atoms with Gasteiger partial charge in [0, 0.05) is 36.8 Å². The van der Waals surface area contributed by atoms with Gasteiger partial charge in [0.05, 0.1) is 0 Å². The van der Waals surface area contributed by atoms with E-state index in [1.807, 2.05) is 73.0 Å². The molecule has 142 valence electrons. The molecule has 2 aromatic rings. The number of anilines is 1. The van der Waals surface area contributed by atoms with E-state index in [0.29, 0.717) is 19.6 Å². The number of hydrogen-bond acceptors (Lipinski definition) is 2. The third kappa shape index (κ3) is 4.38. The summed E-state index contributed by atoms with van der Waals surface area (Å²) in [6.45, 7) is 7.97. The van der Waals surface area contributed by atoms with Crippen molar-refractivity contribution >= 4 is 17.5 Å². The molecular weight excluding hydrogens is 336 g/mol. The molecule has 2 amide bonds. The first-order chi connectivity index (χ1) is 13.0. The highest BCUT2D eigenvalue weighted by molar-refractivity contribution is 5.96. The van der Waals surface area contributed by atoms with E-state index >= 15 is 0 Å². The minimum atomic E-state index is -0.0213. The third-order valence-corrected chi connectivity index (χ3v) is 5.29. The molecule has 1 aliphatic rings. The molecule has 4 nitrogen and oxygen atoms in total. The lowest BCUT2D eigenvalue weighted by Gasteiger charge is -2.34. The van der Waals surface area contributed by atoms with E-state index < -0.39 is 0 Å². The molecule has 1 aliphatic heterocycles. The average molecular weight is 364 g/mol. The number of nitrogens with zero attached hydrogens (tertiary/aromatic N) is 2. The van der Waals surface area contributed by atoms with Crippen molar-refractivity contribution in [2.75, 3.05) is 24.5 Å². The smallest absolute Gasteiger partial charge is 0.253 e. The highest BCUT2D eigenvalue weighted by Gasteiger charge is 2.30. The van der Waals surface area contributed by atoms with E-state index in [0.717, 1.165) is 35.2 Å². The van der Waals surface area contributed by atoms with Crippen LogP contribution in [0, 0.1) is 19.8 Å². The lowest BCUT2D eigenvalue weighted by atomic mass is 9.94. The van der Waals surface area contributed by atoms with Crippen molar-refractivity contribution in [3.63, 3.8) is 0 Å². The quantitative estimate of drug-likeness (QED) is 0.815. The Kier molecular flexibility index (Phi) is 5.94. The normalized spacial score (nSPS) is 14.9. The molecule has 4 heteroatoms. The molecule has 0 radical (unpaired) electrons. The zero-order valence-corrected chi connectivity index (χ0v) is 16.4. The number of likely N-dealkylation sites (tertiary alicyclic amines) is 1. The summed E-state index contributed by atoms with van der Waals surface area (Å²) in [6.07, 6.45) is 1.44. The van der Waals surface area contributed by atoms with E-state index in [1.165, 1.54) is 0 Å². The summed E-state index contributed by atoms with van der Waals surface area (Å²) in [5, 5.41) is 0. The Bertz CT molecular complexity index is 823. The molecule has 0 spiro atoms. The Balaban J connectivity index is 1.64. The highest BCUT2D eigenvalue weighted by Crippen LogP contribution is 2.25. The maximum atomic E-state index is 13.1. The number of amides is 2. The van der Waals surface area contributed by atoms with Crippen LogP contribution >= 0.6 is 0 Å². The van der Waals surface area contributed by atoms with Crippen LogP contribution in [0.1, 0.15) is 41.3 Å². The van der Waals surface area contributed by atoms with Crippen molar-refractivity contribution in [3.8, 4) is 0 Å². The number of piperidine rings is 1. The van der Waals surface area contributed by atoms with Crippen molar-refractivity contribution in [3.05, 3.63) is 65.2 Å². The summed E-state index contributed by atoms with van der Waals surface area (Å²) < 4.78 is 0. The molecule has 27 heavy (non-hydrogen) atoms. The summed E-state index contributed by atoms with van der Waals surface area (Å²) in [7, 11) is 0. The van der Waals surface area contributed by atoms with Crippen LogP contribution in [0.2, 0.25) is 0 Å². The van der Waals surface area contributed by atoms with Crippen molar-refractivity contribution in [2.45, 2.75) is 33.6 Å². The largest absolute Gasteiger partial charge is 0.339 e. The third-order valence-electron chi connectivity index (χ3n) is 5.29. The van der Waals surface area contributed by atoms with E-state index in [1.54, 1.807) is 0 Å². The molecule has 1 saturated heterocycles. The predicted molar refractivity (Wildman–Crippen MR) is 109 cm³/mol. The van der Waals surface area contributed by atoms with Gasteiger partial charge in [0.1, 0.15) is 0 Å². The second kappa shape index (κ2) is 8.38. The lowest BCUT2D eigenvalue weighted by molar-refractivity contribution is -0.123. The summed E-state index contributed by atoms with van der Waals surface area (Å²) >= 11 is 0. The van der Waals surface area contributed by atoms with Gasteiger partial charge < -0.3 is 9.80 Å². The molecular formula is C23H28N2O2. The van der Waals surface area contributed by atoms with Gasteiger partial charge in [0.25, 0.3) is 5.91 Å². The van der Waals surface area contributed by atoms with Gasteiger partial charge in [-0.2, -0.15) is 0 Å². The zero-order chi connectivity index (χ0) is 19.4. The molecule has 1 fully saturated rings. The Morgan fingerprint density at radius 3 is 2.22 bits per heavy atom. The maximum absolute atomic E-state index is 13.1. The maximum Gasteiger partial charge on any atom is 0.253 e. The van der Waals surface area contributed by atoms with Crippen LogP contribution in [0.25, 0.3) is 0 Å². The van der Waals surface area contributed by atoms with Crippen LogP contribution in [0.4, 0.5) is 5.69 Å². The second-order valence-electron chi connectivity index (χ2n) is 7.36. The van der Waals surface area contributed by atoms with Gasteiger partial charge in [-0.05, 0) is 63.4 Å². The first kappa shape index (κ1) is 19.2. The molecule has 0 N–H and O–H groups in total. The van der Waals surface area contributed by atoms with Crippen LogP contribution in [-0.4, -0.2) is 36.3 Å². The van der Waals surface area contributed by atoms with Crippen molar-refractivity contribution in [1.82, 2.24) is 4.90 Å². The Morgan fingerprint density at radius 2 is 1.63 bits per heavy atom. The van der Waals surface area contributed by atoms with E-state index in [2.05, 4.69) is 6.07 Å². The minimum Gasteiger partial charge on any atom is -0.339 e. The van der Waals surface area contributed by atoms with Gasteiger partial charge >= 0.3 is 0 Å². The number of carbonyl (C=O) groups is 2. The van der Waals surface area contributed by atoms with Gasteiger partial charge in [0.2, 0.25) is 5.91 Å². The first-order valence-corrected chi connectivity index (χ1v) is 9.73. The average Bonchev–Trinajstić information content (AvgIpc) is 2.68. The lowest BCUT2D eigenvalue weighted by Crippen LogP contribution is -2.44. The summed E-state index contributed by atoms with van der Waals surface area (Å²) in [4.78, 5) is 29.5. The fourth-order valence-electron chi connectivity index (χ4n) is 3.77. The molecule has 2 aromatic carbocycles. The van der Waals surface area contributed by atoms with Crippen molar-refractivity contribution < 1.29 is 9.59 Å². The van der Waals surface area contributed by atoms with Crippen LogP contribution in [0.3, 0.4) is 0 Å². The predicted octanol–water partition coefficient (Wildman–Crippen LogP) is 4.21. The highest BCUT2D eigenvalue weighted by atomic mass is 16.2. The Morgan fingerprint density at radius 1 is 1.00 bits per heavy atom. The molecule has 1 heterocycles. The van der Waals surface area contributed by atoms with Crippen molar-refractivity contribution in [2.24, 2.45) is 5.92 Å². The van der Waals surface area contributed by atoms with E-state index in [9.17, 15) is 9.59 Å². The molecule has 0 saturated carbocycles. The molecule has 0 unspecified atom stereocenters. The van der Waals surface area contributed by atoms with Crippen LogP contribution in [-0.2, 0) is 4.79 Å². The van der Waals surface area contributed by atoms with E-state index in [4.69, 9.17) is 0 Å². The van der Waals surface area contributed by atoms with Crippen LogP contribution < -0.4 is 4.90 Å². The number of rotatable bonds is 4. The number of aryl methyl sites for hydroxylation is 2. The van der Waals surface area contributed by atoms with Crippen molar-refractivity contribution in [1.29, 1.82) is 0 Å². The van der Waals surface area contributed by atoms with Gasteiger partial charge in [-0.15, -0.1) is 0 Å². The van der Waals surface area contributed by atoms with E-state index in [-0.39, 0.29) is 17.7 Å². The van der Waals surface area contributed by atoms with Gasteiger partial charge in [-0.3, -0.25) is 9.59 Å². The van der Waals surface area contributed by atoms with Gasteiger partial charge in [0.15, 0.2) is 0 Å². The minimum absolute atomic E-state index is 0.0213. The van der Waals surface area contributed by atoms with Gasteiger partial charge in [-0.1, -0.05) is 29.8 Å². The number of benzene rings is 2. The summed E-state index contributed by atoms with van der Waals surface area (Å²) in [6, 6.07) is 15.8. The monoisotopic (exact) mass is 364 g/mol. The molecule has 3 rings (SSSR count). The fraction of sp³-hybridized carbons (Fsp3) is 0.391. The SMILES string of the molecule is CCN(C(=O)C1CCN(C(=O)c2cccc(C)c2)CC1)c1cccc(C)c1. The molecule has 0 aromatic heterocycles. The molecule has 0 bridgehead atoms. The Labute approximate surface area is 161 Å². The number of hydrogen-bond donors (Lipinski definition) is 0. The van der Waals surface area contributed by atoms with Crippen LogP contribution in [0.15, 0.2) is 48.5 Å². The fourth-order valence-corrected chi connectivity index (χ4v) is 3.77. The van der Waals surface area contributed by atoms with Crippen LogP contribution in [0.5, 0.6) is 0 Å². The number of carbonyl (C=O) groups excluding carboxylic acids is 2. The first-order valence-electron chi connectivity index (χ1n) is 9.73. The van der Waals surface area contributed by atoms with Gasteiger partial charge in [-0.25, -0.2) is 0 Å². The molecule has 0 atom stereocenters. The Hall–Kier alpha value is -2.62.